The molecule has 2 amide bonds. The predicted molar refractivity (Wildman–Crippen MR) is 113 cm³/mol. The molecule has 0 aromatic carbocycles. The number of nitrogens with one attached hydrogen (secondary N) is 2. The number of hydrogen-bond acceptors (Lipinski definition) is 8. The van der Waals surface area contributed by atoms with E-state index in [1.807, 2.05) is 6.92 Å². The maximum absolute atomic E-state index is 12.5. The van der Waals surface area contributed by atoms with E-state index in [4.69, 9.17) is 26.8 Å². The number of hydrogen-bond donors (Lipinski definition) is 7. The molecular formula is C18H32N8O6. The molecule has 1 unspecified atom stereocenters. The van der Waals surface area contributed by atoms with E-state index >= 15 is 0 Å². The highest BCUT2D eigenvalue weighted by Gasteiger charge is 2.28. The fraction of sp³-hybridized carbons (Fsp3) is 0.667. The average Bonchev–Trinajstić information content (AvgIpc) is 3.21. The van der Waals surface area contributed by atoms with Gasteiger partial charge >= 0.3 is 18.0 Å². The van der Waals surface area contributed by atoms with Crippen LogP contribution in [0, 0.1) is 5.92 Å². The van der Waals surface area contributed by atoms with Crippen molar-refractivity contribution in [3.8, 4) is 0 Å². The topological polar surface area (TPSA) is 245 Å². The number of aromatic nitrogens is 2. The van der Waals surface area contributed by atoms with Crippen molar-refractivity contribution in [1.29, 1.82) is 0 Å². The normalized spacial score (nSPS) is 14.6. The van der Waals surface area contributed by atoms with Crippen LogP contribution in [0.2, 0.25) is 0 Å². The first-order valence-corrected chi connectivity index (χ1v) is 10.2. The average molecular weight is 457 g/mol. The van der Waals surface area contributed by atoms with E-state index in [1.54, 1.807) is 6.92 Å². The quantitative estimate of drug-likeness (QED) is 0.110. The minimum absolute atomic E-state index is 0.0426. The number of guanidine groups is 1. The first-order valence-electron chi connectivity index (χ1n) is 10.2. The lowest BCUT2D eigenvalue weighted by Gasteiger charge is -2.22. The van der Waals surface area contributed by atoms with Gasteiger partial charge < -0.3 is 42.6 Å². The molecule has 32 heavy (non-hydrogen) atoms. The van der Waals surface area contributed by atoms with E-state index in [2.05, 4.69) is 25.8 Å². The largest absolute Gasteiger partial charge is 0.481 e. The highest BCUT2D eigenvalue weighted by molar-refractivity contribution is 5.82. The Morgan fingerprint density at radius 2 is 1.88 bits per heavy atom. The van der Waals surface area contributed by atoms with Gasteiger partial charge in [-0.25, -0.2) is 9.59 Å². The standard InChI is InChI=1S/C18H32N8O6/c1-3-9(2)13(16(29)30)24-18(31)23-11(5-4-8-22-17(20)21)15-25-14(26-32-15)10(19)6-7-12(27)28/h9-11,13H,3-8,19H2,1-2H3,(H,27,28)(H,29,30)(H4,20,21,22)(H2,23,24,31)/t9?,10-,11-,13-/m0/s1. The first-order chi connectivity index (χ1) is 15.0. The maximum Gasteiger partial charge on any atom is 0.326 e. The Morgan fingerprint density at radius 1 is 1.19 bits per heavy atom. The van der Waals surface area contributed by atoms with Gasteiger partial charge in [0.25, 0.3) is 0 Å². The molecule has 1 rings (SSSR count). The van der Waals surface area contributed by atoms with Crippen molar-refractivity contribution in [3.63, 3.8) is 0 Å². The Bertz CT molecular complexity index is 794. The number of aliphatic carboxylic acids is 2. The summed E-state index contributed by atoms with van der Waals surface area (Å²) >= 11 is 0. The first kappa shape index (κ1) is 26.6. The highest BCUT2D eigenvalue weighted by atomic mass is 16.5. The van der Waals surface area contributed by atoms with Crippen LogP contribution in [0.25, 0.3) is 0 Å². The van der Waals surface area contributed by atoms with Gasteiger partial charge in [-0.2, -0.15) is 4.98 Å². The summed E-state index contributed by atoms with van der Waals surface area (Å²) in [7, 11) is 0. The molecule has 0 bridgehead atoms. The van der Waals surface area contributed by atoms with Gasteiger partial charge in [-0.05, 0) is 25.2 Å². The summed E-state index contributed by atoms with van der Waals surface area (Å²) in [5.74, 6) is -2.38. The number of rotatable bonds is 14. The van der Waals surface area contributed by atoms with Crippen molar-refractivity contribution in [2.24, 2.45) is 28.1 Å². The molecule has 0 saturated heterocycles. The van der Waals surface area contributed by atoms with Gasteiger partial charge in [-0.15, -0.1) is 0 Å². The molecule has 0 aliphatic carbocycles. The van der Waals surface area contributed by atoms with Crippen LogP contribution in [0.1, 0.15) is 69.8 Å². The predicted octanol–water partition coefficient (Wildman–Crippen LogP) is -0.173. The molecule has 0 aliphatic rings. The fourth-order valence-electron chi connectivity index (χ4n) is 2.73. The van der Waals surface area contributed by atoms with Crippen molar-refractivity contribution in [1.82, 2.24) is 20.8 Å². The second-order valence-electron chi connectivity index (χ2n) is 7.35. The van der Waals surface area contributed by atoms with Crippen molar-refractivity contribution < 1.29 is 29.1 Å². The monoisotopic (exact) mass is 456 g/mol. The maximum atomic E-state index is 12.5. The van der Waals surface area contributed by atoms with Gasteiger partial charge in [0.1, 0.15) is 12.1 Å². The molecule has 0 saturated carbocycles. The summed E-state index contributed by atoms with van der Waals surface area (Å²) < 4.78 is 5.22. The number of carbonyl (C=O) groups excluding carboxylic acids is 1. The van der Waals surface area contributed by atoms with Crippen LogP contribution in [-0.4, -0.2) is 56.9 Å². The molecule has 14 heteroatoms. The molecule has 180 valence electrons. The number of carboxylic acid groups (broad SMARTS) is 2. The van der Waals surface area contributed by atoms with Gasteiger partial charge in [0.15, 0.2) is 11.8 Å². The van der Waals surface area contributed by atoms with E-state index < -0.39 is 36.1 Å². The molecule has 1 aromatic heterocycles. The molecule has 10 N–H and O–H groups in total. The van der Waals surface area contributed by atoms with Crippen LogP contribution in [0.3, 0.4) is 0 Å². The Balaban J connectivity index is 2.93. The summed E-state index contributed by atoms with van der Waals surface area (Å²) in [6, 6.07) is -3.34. The lowest BCUT2D eigenvalue weighted by molar-refractivity contribution is -0.140. The lowest BCUT2D eigenvalue weighted by atomic mass is 9.99. The fourth-order valence-corrected chi connectivity index (χ4v) is 2.73. The zero-order chi connectivity index (χ0) is 24.3. The van der Waals surface area contributed by atoms with Gasteiger partial charge in [-0.1, -0.05) is 25.4 Å². The Morgan fingerprint density at radius 3 is 2.44 bits per heavy atom. The lowest BCUT2D eigenvalue weighted by Crippen LogP contribution is -2.49. The van der Waals surface area contributed by atoms with Gasteiger partial charge in [0.2, 0.25) is 5.89 Å². The summed E-state index contributed by atoms with van der Waals surface area (Å²) in [6.07, 6.45) is 1.24. The second kappa shape index (κ2) is 13.1. The van der Waals surface area contributed by atoms with E-state index in [9.17, 15) is 19.5 Å². The third kappa shape index (κ3) is 9.16. The minimum atomic E-state index is -1.15. The molecule has 1 aromatic rings. The van der Waals surface area contributed by atoms with Crippen LogP contribution in [-0.2, 0) is 9.59 Å². The third-order valence-corrected chi connectivity index (χ3v) is 4.77. The van der Waals surface area contributed by atoms with E-state index in [0.29, 0.717) is 19.3 Å². The number of nitrogens with two attached hydrogens (primary N) is 3. The molecule has 14 nitrogen and oxygen atoms in total. The minimum Gasteiger partial charge on any atom is -0.481 e. The van der Waals surface area contributed by atoms with Crippen LogP contribution in [0.15, 0.2) is 9.52 Å². The SMILES string of the molecule is CCC(C)[C@H](NC(=O)N[C@@H](CCCN=C(N)N)c1nc([C@@H](N)CCC(=O)O)no1)C(=O)O. The van der Waals surface area contributed by atoms with Crippen LogP contribution >= 0.6 is 0 Å². The van der Waals surface area contributed by atoms with Crippen molar-refractivity contribution in [2.75, 3.05) is 6.54 Å². The molecule has 1 heterocycles. The zero-order valence-corrected chi connectivity index (χ0v) is 18.2. The van der Waals surface area contributed by atoms with E-state index in [1.165, 1.54) is 0 Å². The van der Waals surface area contributed by atoms with E-state index in [0.717, 1.165) is 0 Å². The molecular weight excluding hydrogens is 424 g/mol. The number of urea groups is 1. The second-order valence-corrected chi connectivity index (χ2v) is 7.35. The highest BCUT2D eigenvalue weighted by Crippen LogP contribution is 2.20. The van der Waals surface area contributed by atoms with Crippen LogP contribution < -0.4 is 27.8 Å². The molecule has 0 radical (unpaired) electrons. The van der Waals surface area contributed by atoms with E-state index in [-0.39, 0.29) is 43.0 Å². The number of aliphatic imine (C=N–C) groups is 1. The number of amides is 2. The van der Waals surface area contributed by atoms with Gasteiger partial charge in [-0.3, -0.25) is 9.79 Å². The summed E-state index contributed by atoms with van der Waals surface area (Å²) in [6.45, 7) is 3.82. The Hall–Kier alpha value is -3.42. The third-order valence-electron chi connectivity index (χ3n) is 4.77. The molecule has 0 aliphatic heterocycles. The Kier molecular flexibility index (Phi) is 10.9. The number of carboxylic acids is 2. The van der Waals surface area contributed by atoms with Gasteiger partial charge in [0.05, 0.1) is 6.04 Å². The number of carbonyl (C=O) groups is 3. The molecule has 4 atom stereocenters. The van der Waals surface area contributed by atoms with Crippen LogP contribution in [0.4, 0.5) is 4.79 Å². The summed E-state index contributed by atoms with van der Waals surface area (Å²) in [5, 5.41) is 27.0. The van der Waals surface area contributed by atoms with Crippen molar-refractivity contribution in [3.05, 3.63) is 11.7 Å². The number of nitrogens with zero attached hydrogens (tertiary/aromatic N) is 3. The van der Waals surface area contributed by atoms with Crippen molar-refractivity contribution in [2.45, 2.75) is 64.1 Å². The smallest absolute Gasteiger partial charge is 0.326 e. The van der Waals surface area contributed by atoms with Crippen molar-refractivity contribution >= 4 is 23.9 Å². The van der Waals surface area contributed by atoms with Crippen LogP contribution in [0.5, 0.6) is 0 Å². The van der Waals surface area contributed by atoms with Gasteiger partial charge in [0, 0.05) is 13.0 Å². The summed E-state index contributed by atoms with van der Waals surface area (Å²) in [5.41, 5.74) is 16.5. The summed E-state index contributed by atoms with van der Waals surface area (Å²) in [4.78, 5) is 42.7. The molecule has 0 fully saturated rings. The zero-order valence-electron chi connectivity index (χ0n) is 18.2. The molecule has 0 spiro atoms. The Labute approximate surface area is 185 Å².